The summed E-state index contributed by atoms with van der Waals surface area (Å²) >= 11 is 7.75. The van der Waals surface area contributed by atoms with E-state index in [1.165, 1.54) is 5.56 Å². The Balaban J connectivity index is 1.94. The number of benzene rings is 2. The van der Waals surface area contributed by atoms with Crippen molar-refractivity contribution in [3.8, 4) is 0 Å². The van der Waals surface area contributed by atoms with Gasteiger partial charge in [0, 0.05) is 6.04 Å². The highest BCUT2D eigenvalue weighted by molar-refractivity contribution is 7.98. The predicted molar refractivity (Wildman–Crippen MR) is 118 cm³/mol. The summed E-state index contributed by atoms with van der Waals surface area (Å²) in [6.07, 6.45) is 4.27. The summed E-state index contributed by atoms with van der Waals surface area (Å²) in [6, 6.07) is 16.5. The second-order valence-electron chi connectivity index (χ2n) is 6.72. The Morgan fingerprint density at radius 2 is 1.68 bits per heavy atom. The third-order valence-corrected chi connectivity index (χ3v) is 5.42. The number of carbonyl (C=O) groups is 2. The fraction of sp³-hybridized carbons (Fsp3) is 0.364. The van der Waals surface area contributed by atoms with E-state index in [4.69, 9.17) is 11.6 Å². The van der Waals surface area contributed by atoms with E-state index >= 15 is 0 Å². The molecular weight excluding hydrogens is 392 g/mol. The molecule has 0 saturated carbocycles. The van der Waals surface area contributed by atoms with E-state index in [-0.39, 0.29) is 17.9 Å². The molecule has 0 aliphatic heterocycles. The molecule has 6 heteroatoms. The van der Waals surface area contributed by atoms with Crippen molar-refractivity contribution in [2.75, 3.05) is 12.0 Å². The average molecular weight is 419 g/mol. The van der Waals surface area contributed by atoms with Gasteiger partial charge in [-0.3, -0.25) is 9.59 Å². The summed E-state index contributed by atoms with van der Waals surface area (Å²) in [4.78, 5) is 25.3. The van der Waals surface area contributed by atoms with E-state index in [1.54, 1.807) is 36.0 Å². The molecule has 4 nitrogen and oxygen atoms in total. The second kappa shape index (κ2) is 11.8. The monoisotopic (exact) mass is 418 g/mol. The van der Waals surface area contributed by atoms with Gasteiger partial charge in [0.15, 0.2) is 0 Å². The van der Waals surface area contributed by atoms with Crippen molar-refractivity contribution in [2.45, 2.75) is 38.3 Å². The van der Waals surface area contributed by atoms with Crippen molar-refractivity contribution < 1.29 is 9.59 Å². The van der Waals surface area contributed by atoms with Crippen molar-refractivity contribution >= 4 is 35.2 Å². The molecule has 2 aromatic rings. The van der Waals surface area contributed by atoms with Crippen LogP contribution in [0.5, 0.6) is 0 Å². The zero-order chi connectivity index (χ0) is 20.4. The van der Waals surface area contributed by atoms with E-state index in [0.29, 0.717) is 17.0 Å². The number of carbonyl (C=O) groups excluding carboxylic acids is 2. The molecule has 0 aromatic heterocycles. The van der Waals surface area contributed by atoms with Crippen LogP contribution in [-0.4, -0.2) is 35.9 Å². The second-order valence-corrected chi connectivity index (χ2v) is 8.11. The number of rotatable bonds is 10. The Labute approximate surface area is 176 Å². The minimum atomic E-state index is -0.588. The van der Waals surface area contributed by atoms with E-state index in [1.807, 2.05) is 31.4 Å². The summed E-state index contributed by atoms with van der Waals surface area (Å²) in [6.45, 7) is 1.99. The van der Waals surface area contributed by atoms with Crippen LogP contribution >= 0.6 is 23.4 Å². The molecular formula is C22H27ClN2O2S. The van der Waals surface area contributed by atoms with E-state index in [0.717, 1.165) is 18.6 Å². The molecule has 0 fully saturated rings. The van der Waals surface area contributed by atoms with Gasteiger partial charge in [0.05, 0.1) is 10.6 Å². The molecule has 2 rings (SSSR count). The van der Waals surface area contributed by atoms with Crippen molar-refractivity contribution in [2.24, 2.45) is 0 Å². The van der Waals surface area contributed by atoms with Gasteiger partial charge in [0.2, 0.25) is 5.91 Å². The zero-order valence-corrected chi connectivity index (χ0v) is 17.9. The highest BCUT2D eigenvalue weighted by atomic mass is 35.5. The van der Waals surface area contributed by atoms with Gasteiger partial charge in [-0.05, 0) is 55.9 Å². The lowest BCUT2D eigenvalue weighted by molar-refractivity contribution is -0.123. The fourth-order valence-electron chi connectivity index (χ4n) is 2.83. The summed E-state index contributed by atoms with van der Waals surface area (Å²) in [5.74, 6) is 0.290. The molecule has 2 N–H and O–H groups in total. The van der Waals surface area contributed by atoms with Crippen LogP contribution < -0.4 is 10.6 Å². The predicted octanol–water partition coefficient (Wildman–Crippen LogP) is 4.33. The van der Waals surface area contributed by atoms with Crippen LogP contribution in [0, 0.1) is 0 Å². The lowest BCUT2D eigenvalue weighted by atomic mass is 10.1. The molecule has 2 aromatic carbocycles. The van der Waals surface area contributed by atoms with Crippen molar-refractivity contribution in [1.82, 2.24) is 10.6 Å². The molecule has 0 aliphatic carbocycles. The van der Waals surface area contributed by atoms with Gasteiger partial charge in [-0.15, -0.1) is 0 Å². The lowest BCUT2D eigenvalue weighted by Crippen LogP contribution is -2.49. The van der Waals surface area contributed by atoms with Gasteiger partial charge >= 0.3 is 0 Å². The van der Waals surface area contributed by atoms with Gasteiger partial charge in [0.1, 0.15) is 6.04 Å². The van der Waals surface area contributed by atoms with Crippen molar-refractivity contribution in [1.29, 1.82) is 0 Å². The molecule has 0 bridgehead atoms. The molecule has 0 aliphatic rings. The lowest BCUT2D eigenvalue weighted by Gasteiger charge is -2.21. The minimum absolute atomic E-state index is 0.0155. The SMILES string of the molecule is CSCC[C@H](NC(=O)c1ccccc1Cl)C(=O)N[C@@H](C)CCc1ccccc1. The van der Waals surface area contributed by atoms with Crippen LogP contribution in [-0.2, 0) is 11.2 Å². The van der Waals surface area contributed by atoms with Crippen LogP contribution in [0.15, 0.2) is 54.6 Å². The summed E-state index contributed by atoms with van der Waals surface area (Å²) < 4.78 is 0. The maximum absolute atomic E-state index is 12.8. The third kappa shape index (κ3) is 7.21. The van der Waals surface area contributed by atoms with Crippen LogP contribution in [0.1, 0.15) is 35.7 Å². The smallest absolute Gasteiger partial charge is 0.253 e. The minimum Gasteiger partial charge on any atom is -0.352 e. The number of hydrogen-bond acceptors (Lipinski definition) is 3. The van der Waals surface area contributed by atoms with Crippen molar-refractivity contribution in [3.05, 3.63) is 70.7 Å². The number of thioether (sulfide) groups is 1. The molecule has 0 saturated heterocycles. The topological polar surface area (TPSA) is 58.2 Å². The molecule has 150 valence electrons. The number of halogens is 1. The first-order valence-electron chi connectivity index (χ1n) is 9.40. The normalized spacial score (nSPS) is 12.8. The highest BCUT2D eigenvalue weighted by Gasteiger charge is 2.23. The summed E-state index contributed by atoms with van der Waals surface area (Å²) in [5.41, 5.74) is 1.62. The number of amides is 2. The molecule has 0 heterocycles. The Morgan fingerprint density at radius 1 is 1.00 bits per heavy atom. The largest absolute Gasteiger partial charge is 0.352 e. The van der Waals surface area contributed by atoms with Gasteiger partial charge in [-0.2, -0.15) is 11.8 Å². The fourth-order valence-corrected chi connectivity index (χ4v) is 3.52. The van der Waals surface area contributed by atoms with Crippen LogP contribution in [0.25, 0.3) is 0 Å². The van der Waals surface area contributed by atoms with Crippen LogP contribution in [0.4, 0.5) is 0 Å². The first kappa shape index (κ1) is 22.3. The van der Waals surface area contributed by atoms with E-state index < -0.39 is 6.04 Å². The highest BCUT2D eigenvalue weighted by Crippen LogP contribution is 2.15. The van der Waals surface area contributed by atoms with Gasteiger partial charge in [-0.25, -0.2) is 0 Å². The van der Waals surface area contributed by atoms with Crippen LogP contribution in [0.2, 0.25) is 5.02 Å². The number of nitrogens with one attached hydrogen (secondary N) is 2. The molecule has 0 unspecified atom stereocenters. The summed E-state index contributed by atoms with van der Waals surface area (Å²) in [5, 5.41) is 6.25. The summed E-state index contributed by atoms with van der Waals surface area (Å²) in [7, 11) is 0. The quantitative estimate of drug-likeness (QED) is 0.603. The Bertz CT molecular complexity index is 770. The Kier molecular flexibility index (Phi) is 9.38. The molecule has 0 spiro atoms. The Morgan fingerprint density at radius 3 is 2.36 bits per heavy atom. The number of hydrogen-bond donors (Lipinski definition) is 2. The maximum atomic E-state index is 12.8. The van der Waals surface area contributed by atoms with Gasteiger partial charge < -0.3 is 10.6 Å². The van der Waals surface area contributed by atoms with E-state index in [9.17, 15) is 9.59 Å². The molecule has 2 amide bonds. The number of aryl methyl sites for hydroxylation is 1. The van der Waals surface area contributed by atoms with Crippen molar-refractivity contribution in [3.63, 3.8) is 0 Å². The van der Waals surface area contributed by atoms with Gasteiger partial charge in [0.25, 0.3) is 5.91 Å². The Hall–Kier alpha value is -1.98. The maximum Gasteiger partial charge on any atom is 0.253 e. The zero-order valence-electron chi connectivity index (χ0n) is 16.3. The van der Waals surface area contributed by atoms with E-state index in [2.05, 4.69) is 22.8 Å². The standard InChI is InChI=1S/C22H27ClN2O2S/c1-16(12-13-17-8-4-3-5-9-17)24-22(27)20(14-15-28-2)25-21(26)18-10-6-7-11-19(18)23/h3-11,16,20H,12-15H2,1-2H3,(H,24,27)(H,25,26)/t16-,20-/m0/s1. The molecule has 0 radical (unpaired) electrons. The molecule has 2 atom stereocenters. The first-order chi connectivity index (χ1) is 13.5. The third-order valence-electron chi connectivity index (χ3n) is 4.45. The van der Waals surface area contributed by atoms with Crippen LogP contribution in [0.3, 0.4) is 0 Å². The average Bonchev–Trinajstić information content (AvgIpc) is 2.70. The first-order valence-corrected chi connectivity index (χ1v) is 11.2. The van der Waals surface area contributed by atoms with Gasteiger partial charge in [-0.1, -0.05) is 54.1 Å². The molecule has 28 heavy (non-hydrogen) atoms.